The highest BCUT2D eigenvalue weighted by Crippen LogP contribution is 2.42. The van der Waals surface area contributed by atoms with Gasteiger partial charge >= 0.3 is 0 Å². The minimum Gasteiger partial charge on any atom is -0.309 e. The molecular formula is C19H23FN4O. The smallest absolute Gasteiger partial charge is 0.234 e. The predicted octanol–water partition coefficient (Wildman–Crippen LogP) is 2.58. The first-order chi connectivity index (χ1) is 12.1. The number of carbonyl (C=O) groups excluding carboxylic acids is 1. The van der Waals surface area contributed by atoms with E-state index in [0.717, 1.165) is 56.7 Å². The number of carbonyl (C=O) groups is 1. The van der Waals surface area contributed by atoms with Crippen molar-refractivity contribution in [3.8, 4) is 0 Å². The van der Waals surface area contributed by atoms with Crippen LogP contribution in [-0.4, -0.2) is 40.2 Å². The molecule has 5 nitrogen and oxygen atoms in total. The van der Waals surface area contributed by atoms with Gasteiger partial charge in [0, 0.05) is 32.9 Å². The molecule has 2 saturated heterocycles. The Morgan fingerprint density at radius 1 is 1.20 bits per heavy atom. The van der Waals surface area contributed by atoms with Crippen LogP contribution in [0.3, 0.4) is 0 Å². The van der Waals surface area contributed by atoms with Crippen molar-refractivity contribution in [2.75, 3.05) is 24.5 Å². The van der Waals surface area contributed by atoms with E-state index in [2.05, 4.69) is 10.00 Å². The van der Waals surface area contributed by atoms with Crippen LogP contribution >= 0.6 is 0 Å². The number of amides is 1. The number of anilines is 1. The van der Waals surface area contributed by atoms with Gasteiger partial charge in [0.2, 0.25) is 5.91 Å². The van der Waals surface area contributed by atoms with Crippen molar-refractivity contribution < 1.29 is 9.18 Å². The Kier molecular flexibility index (Phi) is 4.07. The van der Waals surface area contributed by atoms with E-state index < -0.39 is 0 Å². The number of aromatic nitrogens is 2. The summed E-state index contributed by atoms with van der Waals surface area (Å²) in [7, 11) is 1.87. The molecule has 0 N–H and O–H groups in total. The summed E-state index contributed by atoms with van der Waals surface area (Å²) in [5, 5.41) is 4.19. The normalized spacial score (nSPS) is 24.4. The monoisotopic (exact) mass is 342 g/mol. The van der Waals surface area contributed by atoms with Crippen LogP contribution in [0.2, 0.25) is 0 Å². The highest BCUT2D eigenvalue weighted by atomic mass is 19.1. The molecule has 2 aliphatic rings. The summed E-state index contributed by atoms with van der Waals surface area (Å²) in [4.78, 5) is 17.4. The van der Waals surface area contributed by atoms with Gasteiger partial charge in [-0.25, -0.2) is 4.39 Å². The lowest BCUT2D eigenvalue weighted by molar-refractivity contribution is -0.128. The maximum absolute atomic E-state index is 13.1. The van der Waals surface area contributed by atoms with Crippen molar-refractivity contribution in [1.29, 1.82) is 0 Å². The number of hydrogen-bond donors (Lipinski definition) is 0. The molecule has 0 bridgehead atoms. The summed E-state index contributed by atoms with van der Waals surface area (Å²) >= 11 is 0. The van der Waals surface area contributed by atoms with Crippen molar-refractivity contribution in [2.24, 2.45) is 12.5 Å². The Labute approximate surface area is 147 Å². The van der Waals surface area contributed by atoms with Gasteiger partial charge in [0.25, 0.3) is 0 Å². The third kappa shape index (κ3) is 3.06. The molecule has 25 heavy (non-hydrogen) atoms. The molecule has 6 heteroatoms. The molecule has 3 heterocycles. The van der Waals surface area contributed by atoms with Gasteiger partial charge in [0.15, 0.2) is 0 Å². The molecule has 0 unspecified atom stereocenters. The molecule has 132 valence electrons. The van der Waals surface area contributed by atoms with Crippen LogP contribution in [0.15, 0.2) is 36.7 Å². The predicted molar refractivity (Wildman–Crippen MR) is 93.5 cm³/mol. The van der Waals surface area contributed by atoms with Crippen LogP contribution in [0.4, 0.5) is 10.1 Å². The zero-order chi connectivity index (χ0) is 17.4. The summed E-state index contributed by atoms with van der Waals surface area (Å²) < 4.78 is 14.8. The van der Waals surface area contributed by atoms with Crippen LogP contribution in [0, 0.1) is 11.2 Å². The molecule has 0 radical (unpaired) electrons. The fourth-order valence-electron chi connectivity index (χ4n) is 4.20. The molecule has 2 aliphatic heterocycles. The summed E-state index contributed by atoms with van der Waals surface area (Å²) in [5.41, 5.74) is 1.70. The van der Waals surface area contributed by atoms with Crippen LogP contribution in [-0.2, 0) is 18.4 Å². The van der Waals surface area contributed by atoms with Crippen LogP contribution < -0.4 is 4.90 Å². The summed E-state index contributed by atoms with van der Waals surface area (Å²) in [6.45, 7) is 3.29. The van der Waals surface area contributed by atoms with Gasteiger partial charge in [-0.05, 0) is 43.5 Å². The zero-order valence-electron chi connectivity index (χ0n) is 14.5. The van der Waals surface area contributed by atoms with E-state index in [9.17, 15) is 9.18 Å². The van der Waals surface area contributed by atoms with E-state index in [-0.39, 0.29) is 17.1 Å². The Bertz CT molecular complexity index is 772. The Hall–Kier alpha value is -2.21. The summed E-state index contributed by atoms with van der Waals surface area (Å²) in [6.07, 6.45) is 6.52. The van der Waals surface area contributed by atoms with Crippen LogP contribution in [0.5, 0.6) is 0 Å². The molecule has 4 rings (SSSR count). The van der Waals surface area contributed by atoms with E-state index in [1.54, 1.807) is 10.9 Å². The van der Waals surface area contributed by atoms with Crippen molar-refractivity contribution in [2.45, 2.75) is 25.8 Å². The standard InChI is InChI=1S/C19H23FN4O/c1-22-13-17(11-21-22)24-10-8-19(18(24)25)7-2-9-23(14-19)12-15-3-5-16(20)6-4-15/h3-6,11,13H,2,7-10,12,14H2,1H3/t19-/m1/s1. The lowest BCUT2D eigenvalue weighted by Crippen LogP contribution is -2.47. The van der Waals surface area contributed by atoms with E-state index in [4.69, 9.17) is 0 Å². The maximum atomic E-state index is 13.1. The first-order valence-electron chi connectivity index (χ1n) is 8.83. The van der Waals surface area contributed by atoms with Gasteiger partial charge in [0.05, 0.1) is 17.3 Å². The molecule has 1 spiro atoms. The first-order valence-corrected chi connectivity index (χ1v) is 8.83. The molecule has 2 aromatic rings. The summed E-state index contributed by atoms with van der Waals surface area (Å²) in [6, 6.07) is 6.66. The average Bonchev–Trinajstić information content (AvgIpc) is 3.15. The number of likely N-dealkylation sites (tertiary alicyclic amines) is 1. The first kappa shape index (κ1) is 16.3. The van der Waals surface area contributed by atoms with E-state index in [0.29, 0.717) is 0 Å². The van der Waals surface area contributed by atoms with Gasteiger partial charge in [0.1, 0.15) is 5.82 Å². The van der Waals surface area contributed by atoms with Crippen LogP contribution in [0.1, 0.15) is 24.8 Å². The largest absolute Gasteiger partial charge is 0.309 e. The molecule has 1 amide bonds. The Morgan fingerprint density at radius 2 is 2.00 bits per heavy atom. The van der Waals surface area contributed by atoms with Gasteiger partial charge in [-0.1, -0.05) is 12.1 Å². The van der Waals surface area contributed by atoms with Crippen molar-refractivity contribution in [1.82, 2.24) is 14.7 Å². The highest BCUT2D eigenvalue weighted by molar-refractivity contribution is 6.00. The quantitative estimate of drug-likeness (QED) is 0.861. The molecule has 1 aromatic heterocycles. The average molecular weight is 342 g/mol. The fourth-order valence-corrected chi connectivity index (χ4v) is 4.20. The third-order valence-electron chi connectivity index (χ3n) is 5.49. The number of aryl methyl sites for hydroxylation is 1. The zero-order valence-corrected chi connectivity index (χ0v) is 14.5. The number of halogens is 1. The maximum Gasteiger partial charge on any atom is 0.234 e. The van der Waals surface area contributed by atoms with E-state index in [1.807, 2.05) is 30.3 Å². The van der Waals surface area contributed by atoms with Gasteiger partial charge in [-0.2, -0.15) is 5.10 Å². The fraction of sp³-hybridized carbons (Fsp3) is 0.474. The van der Waals surface area contributed by atoms with Gasteiger partial charge in [-0.3, -0.25) is 14.4 Å². The summed E-state index contributed by atoms with van der Waals surface area (Å²) in [5.74, 6) is 0.0150. The number of piperidine rings is 1. The minimum atomic E-state index is -0.284. The second-order valence-electron chi connectivity index (χ2n) is 7.30. The molecule has 2 fully saturated rings. The number of benzene rings is 1. The van der Waals surface area contributed by atoms with Gasteiger partial charge in [-0.15, -0.1) is 0 Å². The SMILES string of the molecule is Cn1cc(N2CC[C@@]3(CCCN(Cc4ccc(F)cc4)C3)C2=O)cn1. The third-order valence-corrected chi connectivity index (χ3v) is 5.49. The lowest BCUT2D eigenvalue weighted by Gasteiger charge is -2.39. The minimum absolute atomic E-state index is 0.211. The molecule has 1 atom stereocenters. The van der Waals surface area contributed by atoms with Crippen molar-refractivity contribution in [3.63, 3.8) is 0 Å². The second kappa shape index (κ2) is 6.26. The number of nitrogens with zero attached hydrogens (tertiary/aromatic N) is 4. The van der Waals surface area contributed by atoms with Crippen LogP contribution in [0.25, 0.3) is 0 Å². The molecule has 1 aromatic carbocycles. The molecule has 0 saturated carbocycles. The van der Waals surface area contributed by atoms with E-state index >= 15 is 0 Å². The highest BCUT2D eigenvalue weighted by Gasteiger charge is 2.49. The number of hydrogen-bond acceptors (Lipinski definition) is 3. The van der Waals surface area contributed by atoms with Gasteiger partial charge < -0.3 is 4.90 Å². The van der Waals surface area contributed by atoms with Crippen molar-refractivity contribution >= 4 is 11.6 Å². The Balaban J connectivity index is 1.48. The van der Waals surface area contributed by atoms with E-state index in [1.165, 1.54) is 12.1 Å². The number of rotatable bonds is 3. The topological polar surface area (TPSA) is 41.4 Å². The Morgan fingerprint density at radius 3 is 2.72 bits per heavy atom. The second-order valence-corrected chi connectivity index (χ2v) is 7.30. The van der Waals surface area contributed by atoms with Crippen molar-refractivity contribution in [3.05, 3.63) is 48.0 Å². The lowest BCUT2D eigenvalue weighted by atomic mass is 9.78. The molecule has 0 aliphatic carbocycles. The molecular weight excluding hydrogens is 319 g/mol.